The number of sulfonamides is 1. The number of methoxy groups -OCH3 is 1. The van der Waals surface area contributed by atoms with E-state index in [0.717, 1.165) is 25.2 Å². The normalized spacial score (nSPS) is 15.7. The van der Waals surface area contributed by atoms with Gasteiger partial charge in [-0.2, -0.15) is 0 Å². The summed E-state index contributed by atoms with van der Waals surface area (Å²) in [7, 11) is -1.99. The monoisotopic (exact) mass is 374 g/mol. The molecule has 0 aliphatic carbocycles. The molecule has 2 aromatic carbocycles. The Hall–Kier alpha value is -1.89. The molecular formula is C20H26N2O3S. The second-order valence-corrected chi connectivity index (χ2v) is 8.42. The number of nitrogens with zero attached hydrogens (tertiary/aromatic N) is 1. The van der Waals surface area contributed by atoms with Gasteiger partial charge in [0, 0.05) is 13.1 Å². The van der Waals surface area contributed by atoms with Crippen molar-refractivity contribution < 1.29 is 13.2 Å². The van der Waals surface area contributed by atoms with E-state index in [0.29, 0.717) is 5.75 Å². The summed E-state index contributed by atoms with van der Waals surface area (Å²) >= 11 is 0. The van der Waals surface area contributed by atoms with Crippen LogP contribution >= 0.6 is 0 Å². The van der Waals surface area contributed by atoms with Gasteiger partial charge in [-0.3, -0.25) is 4.90 Å². The third-order valence-corrected chi connectivity index (χ3v) is 6.10. The molecule has 2 aromatic rings. The Labute approximate surface area is 156 Å². The number of nitrogens with one attached hydrogen (secondary N) is 1. The van der Waals surface area contributed by atoms with Crippen LogP contribution in [-0.2, 0) is 23.1 Å². The van der Waals surface area contributed by atoms with Crippen LogP contribution in [-0.4, -0.2) is 33.5 Å². The zero-order valence-electron chi connectivity index (χ0n) is 15.1. The molecule has 0 unspecified atom stereocenters. The number of likely N-dealkylation sites (tertiary alicyclic amines) is 1. The molecule has 5 nitrogen and oxygen atoms in total. The van der Waals surface area contributed by atoms with Crippen LogP contribution in [0.1, 0.15) is 30.4 Å². The molecule has 1 N–H and O–H groups in total. The van der Waals surface area contributed by atoms with E-state index in [-0.39, 0.29) is 11.4 Å². The van der Waals surface area contributed by atoms with Crippen molar-refractivity contribution in [2.45, 2.75) is 37.2 Å². The Bertz CT molecular complexity index is 813. The van der Waals surface area contributed by atoms with E-state index >= 15 is 0 Å². The molecule has 26 heavy (non-hydrogen) atoms. The number of benzene rings is 2. The van der Waals surface area contributed by atoms with Gasteiger partial charge in [-0.15, -0.1) is 0 Å². The highest BCUT2D eigenvalue weighted by Gasteiger charge is 2.14. The second-order valence-electron chi connectivity index (χ2n) is 6.66. The average molecular weight is 375 g/mol. The predicted molar refractivity (Wildman–Crippen MR) is 103 cm³/mol. The maximum absolute atomic E-state index is 12.4. The first-order chi connectivity index (χ1) is 12.6. The molecule has 1 fully saturated rings. The van der Waals surface area contributed by atoms with Gasteiger partial charge in [-0.25, -0.2) is 13.1 Å². The molecule has 0 atom stereocenters. The van der Waals surface area contributed by atoms with E-state index in [1.807, 2.05) is 12.1 Å². The maximum atomic E-state index is 12.4. The third kappa shape index (κ3) is 5.06. The van der Waals surface area contributed by atoms with Gasteiger partial charge < -0.3 is 4.74 Å². The van der Waals surface area contributed by atoms with Crippen molar-refractivity contribution >= 4 is 10.0 Å². The molecule has 0 saturated carbocycles. The molecule has 140 valence electrons. The van der Waals surface area contributed by atoms with Crippen LogP contribution in [0.4, 0.5) is 0 Å². The van der Waals surface area contributed by atoms with E-state index in [1.54, 1.807) is 31.4 Å². The fourth-order valence-corrected chi connectivity index (χ4v) is 4.25. The van der Waals surface area contributed by atoms with E-state index in [2.05, 4.69) is 21.8 Å². The third-order valence-electron chi connectivity index (χ3n) is 4.68. The van der Waals surface area contributed by atoms with E-state index in [1.165, 1.54) is 24.8 Å². The highest BCUT2D eigenvalue weighted by atomic mass is 32.2. The fourth-order valence-electron chi connectivity index (χ4n) is 3.23. The summed E-state index contributed by atoms with van der Waals surface area (Å²) in [6, 6.07) is 14.5. The van der Waals surface area contributed by atoms with Gasteiger partial charge in [0.25, 0.3) is 0 Å². The van der Waals surface area contributed by atoms with E-state index in [4.69, 9.17) is 4.74 Å². The molecule has 0 radical (unpaired) electrons. The first-order valence-electron chi connectivity index (χ1n) is 9.01. The zero-order valence-corrected chi connectivity index (χ0v) is 16.0. The smallest absolute Gasteiger partial charge is 0.240 e. The molecule has 1 aliphatic heterocycles. The topological polar surface area (TPSA) is 58.6 Å². The van der Waals surface area contributed by atoms with Crippen LogP contribution in [0.3, 0.4) is 0 Å². The van der Waals surface area contributed by atoms with Gasteiger partial charge in [0.05, 0.1) is 12.0 Å². The Morgan fingerprint density at radius 1 is 1.00 bits per heavy atom. The van der Waals surface area contributed by atoms with Crippen molar-refractivity contribution in [2.75, 3.05) is 20.2 Å². The molecule has 1 aliphatic rings. The van der Waals surface area contributed by atoms with Crippen LogP contribution in [0, 0.1) is 0 Å². The highest BCUT2D eigenvalue weighted by Crippen LogP contribution is 2.17. The van der Waals surface area contributed by atoms with Crippen LogP contribution in [0.2, 0.25) is 0 Å². The van der Waals surface area contributed by atoms with Crippen LogP contribution in [0.25, 0.3) is 0 Å². The van der Waals surface area contributed by atoms with E-state index in [9.17, 15) is 8.42 Å². The van der Waals surface area contributed by atoms with Crippen molar-refractivity contribution in [2.24, 2.45) is 0 Å². The number of piperidine rings is 1. The first-order valence-corrected chi connectivity index (χ1v) is 10.5. The standard InChI is InChI=1S/C20H26N2O3S/c1-25-19-8-10-20(11-9-19)26(23,24)21-15-17-6-5-7-18(14-17)16-22-12-3-2-4-13-22/h5-11,14,21H,2-4,12-13,15-16H2,1H3. The number of ether oxygens (including phenoxy) is 1. The Balaban J connectivity index is 1.62. The quantitative estimate of drug-likeness (QED) is 0.809. The van der Waals surface area contributed by atoms with Crippen molar-refractivity contribution in [3.8, 4) is 5.75 Å². The van der Waals surface area contributed by atoms with Gasteiger partial charge >= 0.3 is 0 Å². The van der Waals surface area contributed by atoms with E-state index < -0.39 is 10.0 Å². The highest BCUT2D eigenvalue weighted by molar-refractivity contribution is 7.89. The summed E-state index contributed by atoms with van der Waals surface area (Å²) in [6.45, 7) is 3.50. The van der Waals surface area contributed by atoms with Crippen molar-refractivity contribution in [1.82, 2.24) is 9.62 Å². The van der Waals surface area contributed by atoms with Crippen LogP contribution in [0.15, 0.2) is 53.4 Å². The Morgan fingerprint density at radius 2 is 1.69 bits per heavy atom. The summed E-state index contributed by atoms with van der Waals surface area (Å²) in [5.41, 5.74) is 2.20. The van der Waals surface area contributed by atoms with Crippen molar-refractivity contribution in [3.63, 3.8) is 0 Å². The summed E-state index contributed by atoms with van der Waals surface area (Å²) in [5, 5.41) is 0. The lowest BCUT2D eigenvalue weighted by Crippen LogP contribution is -2.29. The zero-order chi connectivity index (χ0) is 18.4. The molecule has 0 amide bonds. The van der Waals surface area contributed by atoms with Gasteiger partial charge in [-0.05, 0) is 61.3 Å². The van der Waals surface area contributed by atoms with Gasteiger partial charge in [0.1, 0.15) is 5.75 Å². The molecule has 3 rings (SSSR count). The lowest BCUT2D eigenvalue weighted by Gasteiger charge is -2.26. The van der Waals surface area contributed by atoms with Gasteiger partial charge in [-0.1, -0.05) is 30.7 Å². The van der Waals surface area contributed by atoms with Crippen molar-refractivity contribution in [1.29, 1.82) is 0 Å². The fraction of sp³-hybridized carbons (Fsp3) is 0.400. The molecule has 0 bridgehead atoms. The molecule has 0 aromatic heterocycles. The van der Waals surface area contributed by atoms with Crippen LogP contribution in [0.5, 0.6) is 5.75 Å². The molecule has 6 heteroatoms. The first kappa shape index (κ1) is 18.9. The van der Waals surface area contributed by atoms with Gasteiger partial charge in [0.15, 0.2) is 0 Å². The van der Waals surface area contributed by atoms with Crippen LogP contribution < -0.4 is 9.46 Å². The van der Waals surface area contributed by atoms with Gasteiger partial charge in [0.2, 0.25) is 10.0 Å². The molecular weight excluding hydrogens is 348 g/mol. The molecule has 1 heterocycles. The summed E-state index contributed by atoms with van der Waals surface area (Å²) in [4.78, 5) is 2.70. The predicted octanol–water partition coefficient (Wildman–Crippen LogP) is 3.16. The minimum atomic E-state index is -3.54. The maximum Gasteiger partial charge on any atom is 0.240 e. The number of hydrogen-bond donors (Lipinski definition) is 1. The second kappa shape index (κ2) is 8.66. The summed E-state index contributed by atoms with van der Waals surface area (Å²) in [5.74, 6) is 0.634. The Kier molecular flexibility index (Phi) is 6.29. The minimum absolute atomic E-state index is 0.239. The molecule has 0 spiro atoms. The lowest BCUT2D eigenvalue weighted by molar-refractivity contribution is 0.221. The lowest BCUT2D eigenvalue weighted by atomic mass is 10.1. The SMILES string of the molecule is COc1ccc(S(=O)(=O)NCc2cccc(CN3CCCCC3)c2)cc1. The summed E-state index contributed by atoms with van der Waals surface area (Å²) in [6.07, 6.45) is 3.85. The summed E-state index contributed by atoms with van der Waals surface area (Å²) < 4.78 is 32.6. The van der Waals surface area contributed by atoms with Crippen molar-refractivity contribution in [3.05, 3.63) is 59.7 Å². The largest absolute Gasteiger partial charge is 0.497 e. The minimum Gasteiger partial charge on any atom is -0.497 e. The average Bonchev–Trinajstić information content (AvgIpc) is 2.68. The number of rotatable bonds is 7. The Morgan fingerprint density at radius 3 is 2.38 bits per heavy atom. The molecule has 1 saturated heterocycles. The number of hydrogen-bond acceptors (Lipinski definition) is 4.